The van der Waals surface area contributed by atoms with E-state index in [0.717, 1.165) is 43.4 Å². The molecule has 1 unspecified atom stereocenters. The largest absolute Gasteiger partial charge is 0.394 e. The molecule has 25 heavy (non-hydrogen) atoms. The third-order valence-electron chi connectivity index (χ3n) is 4.51. The minimum Gasteiger partial charge on any atom is -0.394 e. The summed E-state index contributed by atoms with van der Waals surface area (Å²) in [6, 6.07) is 10.4. The lowest BCUT2D eigenvalue weighted by Crippen LogP contribution is -2.40. The van der Waals surface area contributed by atoms with E-state index in [1.807, 2.05) is 25.1 Å². The van der Waals surface area contributed by atoms with Crippen LogP contribution in [0.4, 0.5) is 0 Å². The molecule has 0 aliphatic carbocycles. The Balaban J connectivity index is 1.71. The van der Waals surface area contributed by atoms with Crippen LogP contribution < -0.4 is 5.73 Å². The molecule has 3 nitrogen and oxygen atoms in total. The zero-order chi connectivity index (χ0) is 18.1. The van der Waals surface area contributed by atoms with E-state index in [0.29, 0.717) is 6.42 Å². The Kier molecular flexibility index (Phi) is 7.94. The normalized spacial score (nSPS) is 16.8. The molecule has 136 valence electrons. The molecule has 1 aliphatic rings. The molecule has 0 radical (unpaired) electrons. The number of aryl methyl sites for hydroxylation is 1. The first-order chi connectivity index (χ1) is 12.0. The van der Waals surface area contributed by atoms with Gasteiger partial charge in [-0.15, -0.1) is 11.8 Å². The fraction of sp³-hybridized carbons (Fsp3) is 0.476. The quantitative estimate of drug-likeness (QED) is 0.620. The van der Waals surface area contributed by atoms with E-state index < -0.39 is 5.54 Å². The molecule has 1 aromatic rings. The van der Waals surface area contributed by atoms with Gasteiger partial charge in [-0.25, -0.2) is 0 Å². The molecule has 0 fully saturated rings. The number of hydrogen-bond donors (Lipinski definition) is 2. The number of Topliss-reactive ketones (excluding diaryl/α,β-unsaturated/α-hetero) is 1. The number of nitrogens with two attached hydrogens (primary N) is 1. The van der Waals surface area contributed by atoms with Gasteiger partial charge in [-0.2, -0.15) is 0 Å². The smallest absolute Gasteiger partial charge is 0.159 e. The first-order valence-corrected chi connectivity index (χ1v) is 9.98. The van der Waals surface area contributed by atoms with Crippen molar-refractivity contribution in [2.75, 3.05) is 12.4 Å². The minimum atomic E-state index is -0.528. The Hall–Kier alpha value is -1.36. The standard InChI is InChI=1S/C21H29NO2S/c1-21(22,16-23)14-13-19-12-11-18(15-25-19)20(24)10-6-5-9-17-7-3-2-4-8-17/h2-4,7-8,11-12,23H,5-6,9-10,13-16,22H2,1H3. The van der Waals surface area contributed by atoms with Gasteiger partial charge in [0.1, 0.15) is 0 Å². The van der Waals surface area contributed by atoms with Gasteiger partial charge in [0.05, 0.1) is 6.61 Å². The maximum Gasteiger partial charge on any atom is 0.159 e. The molecule has 1 aliphatic heterocycles. The van der Waals surface area contributed by atoms with E-state index in [1.54, 1.807) is 11.8 Å². The van der Waals surface area contributed by atoms with Crippen LogP contribution in [-0.2, 0) is 11.2 Å². The van der Waals surface area contributed by atoms with Crippen molar-refractivity contribution in [1.82, 2.24) is 0 Å². The first-order valence-electron chi connectivity index (χ1n) is 8.99. The van der Waals surface area contributed by atoms with Crippen molar-refractivity contribution in [3.05, 3.63) is 58.5 Å². The SMILES string of the molecule is CC(N)(CO)CCC1=CC=C(C(=O)CCCCc2ccccc2)CS1. The molecule has 0 spiro atoms. The van der Waals surface area contributed by atoms with Gasteiger partial charge in [0.2, 0.25) is 0 Å². The number of aliphatic hydroxyl groups is 1. The average molecular weight is 360 g/mol. The summed E-state index contributed by atoms with van der Waals surface area (Å²) in [6.07, 6.45) is 9.27. The van der Waals surface area contributed by atoms with E-state index in [-0.39, 0.29) is 12.4 Å². The maximum absolute atomic E-state index is 12.3. The number of ketones is 1. The molecule has 0 saturated heterocycles. The third-order valence-corrected chi connectivity index (χ3v) is 5.67. The number of aliphatic hydroxyl groups excluding tert-OH is 1. The molecule has 3 N–H and O–H groups in total. The number of unbranched alkanes of at least 4 members (excludes halogenated alkanes) is 1. The fourth-order valence-electron chi connectivity index (χ4n) is 2.70. The van der Waals surface area contributed by atoms with E-state index in [2.05, 4.69) is 24.3 Å². The zero-order valence-electron chi connectivity index (χ0n) is 15.0. The molecule has 1 atom stereocenters. The van der Waals surface area contributed by atoms with Crippen molar-refractivity contribution in [2.45, 2.75) is 51.0 Å². The van der Waals surface area contributed by atoms with Crippen LogP contribution in [0, 0.1) is 0 Å². The average Bonchev–Trinajstić information content (AvgIpc) is 2.65. The molecule has 0 bridgehead atoms. The number of carbonyl (C=O) groups excluding carboxylic acids is 1. The Labute approximate surface area is 155 Å². The van der Waals surface area contributed by atoms with Crippen LogP contribution in [0.3, 0.4) is 0 Å². The highest BCUT2D eigenvalue weighted by atomic mass is 32.2. The van der Waals surface area contributed by atoms with Crippen LogP contribution in [0.15, 0.2) is 53.0 Å². The van der Waals surface area contributed by atoms with E-state index in [9.17, 15) is 9.90 Å². The van der Waals surface area contributed by atoms with Crippen molar-refractivity contribution in [1.29, 1.82) is 0 Å². The summed E-state index contributed by atoms with van der Waals surface area (Å²) in [5.41, 5.74) is 7.70. The first kappa shape index (κ1) is 20.0. The van der Waals surface area contributed by atoms with Crippen molar-refractivity contribution in [3.63, 3.8) is 0 Å². The second kappa shape index (κ2) is 9.95. The van der Waals surface area contributed by atoms with E-state index in [4.69, 9.17) is 5.73 Å². The van der Waals surface area contributed by atoms with Gasteiger partial charge in [0.15, 0.2) is 5.78 Å². The lowest BCUT2D eigenvalue weighted by atomic mass is 9.98. The molecule has 4 heteroatoms. The van der Waals surface area contributed by atoms with Crippen LogP contribution >= 0.6 is 11.8 Å². The van der Waals surface area contributed by atoms with Crippen molar-refractivity contribution in [2.24, 2.45) is 5.73 Å². The van der Waals surface area contributed by atoms with E-state index in [1.165, 1.54) is 10.5 Å². The summed E-state index contributed by atoms with van der Waals surface area (Å²) in [5.74, 6) is 1.03. The van der Waals surface area contributed by atoms with Gasteiger partial charge in [-0.1, -0.05) is 42.5 Å². The molecular weight excluding hydrogens is 330 g/mol. The molecule has 2 rings (SSSR count). The molecule has 1 heterocycles. The van der Waals surface area contributed by atoms with Crippen LogP contribution in [-0.4, -0.2) is 28.8 Å². The highest BCUT2D eigenvalue weighted by molar-refractivity contribution is 8.03. The Morgan fingerprint density at radius 3 is 2.60 bits per heavy atom. The number of allylic oxidation sites excluding steroid dienone is 3. The Bertz CT molecular complexity index is 620. The van der Waals surface area contributed by atoms with Gasteiger partial charge >= 0.3 is 0 Å². The lowest BCUT2D eigenvalue weighted by molar-refractivity contribution is -0.115. The topological polar surface area (TPSA) is 63.3 Å². The van der Waals surface area contributed by atoms with Crippen molar-refractivity contribution >= 4 is 17.5 Å². The van der Waals surface area contributed by atoms with Gasteiger partial charge in [-0.3, -0.25) is 4.79 Å². The maximum atomic E-state index is 12.3. The van der Waals surface area contributed by atoms with Crippen molar-refractivity contribution < 1.29 is 9.90 Å². The summed E-state index contributed by atoms with van der Waals surface area (Å²) >= 11 is 1.72. The molecular formula is C21H29NO2S. The predicted molar refractivity (Wildman–Crippen MR) is 107 cm³/mol. The van der Waals surface area contributed by atoms with Crippen LogP contribution in [0.2, 0.25) is 0 Å². The van der Waals surface area contributed by atoms with Gasteiger partial charge in [0.25, 0.3) is 0 Å². The summed E-state index contributed by atoms with van der Waals surface area (Å²) in [6.45, 7) is 1.86. The van der Waals surface area contributed by atoms with E-state index >= 15 is 0 Å². The summed E-state index contributed by atoms with van der Waals surface area (Å²) in [5, 5.41) is 9.21. The fourth-order valence-corrected chi connectivity index (χ4v) is 3.71. The zero-order valence-corrected chi connectivity index (χ0v) is 15.9. The minimum absolute atomic E-state index is 0.00645. The third kappa shape index (κ3) is 7.18. The lowest BCUT2D eigenvalue weighted by Gasteiger charge is -2.22. The summed E-state index contributed by atoms with van der Waals surface area (Å²) in [7, 11) is 0. The number of rotatable bonds is 10. The van der Waals surface area contributed by atoms with Crippen LogP contribution in [0.1, 0.15) is 44.6 Å². The van der Waals surface area contributed by atoms with Gasteiger partial charge in [0, 0.05) is 23.3 Å². The second-order valence-electron chi connectivity index (χ2n) is 7.04. The van der Waals surface area contributed by atoms with Crippen LogP contribution in [0.5, 0.6) is 0 Å². The second-order valence-corrected chi connectivity index (χ2v) is 8.14. The highest BCUT2D eigenvalue weighted by Crippen LogP contribution is 2.30. The van der Waals surface area contributed by atoms with Gasteiger partial charge < -0.3 is 10.8 Å². The molecule has 1 aromatic carbocycles. The van der Waals surface area contributed by atoms with Crippen molar-refractivity contribution in [3.8, 4) is 0 Å². The Morgan fingerprint density at radius 2 is 1.96 bits per heavy atom. The monoisotopic (exact) mass is 359 g/mol. The molecule has 0 saturated carbocycles. The molecule has 0 amide bonds. The number of thioether (sulfide) groups is 1. The predicted octanol–water partition coefficient (Wildman–Crippen LogP) is 4.02. The Morgan fingerprint density at radius 1 is 1.20 bits per heavy atom. The highest BCUT2D eigenvalue weighted by Gasteiger charge is 2.19. The summed E-state index contributed by atoms with van der Waals surface area (Å²) in [4.78, 5) is 13.6. The van der Waals surface area contributed by atoms with Gasteiger partial charge in [-0.05, 0) is 49.5 Å². The van der Waals surface area contributed by atoms with Crippen LogP contribution in [0.25, 0.3) is 0 Å². The number of hydrogen-bond acceptors (Lipinski definition) is 4. The number of benzene rings is 1. The number of carbonyl (C=O) groups is 1. The molecule has 0 aromatic heterocycles. The summed E-state index contributed by atoms with van der Waals surface area (Å²) < 4.78 is 0.